The van der Waals surface area contributed by atoms with Crippen LogP contribution in [0, 0.1) is 41.5 Å². The monoisotopic (exact) mass is 985 g/mol. The fourth-order valence-electron chi connectivity index (χ4n) is 11.1. The normalized spacial score (nSPS) is 11.3. The largest absolute Gasteiger partial charge is 0.378 e. The fourth-order valence-corrected chi connectivity index (χ4v) is 11.1. The minimum absolute atomic E-state index is 0.130. The fraction of sp³-hybridized carbons (Fsp3) is 0.463. The Bertz CT molecular complexity index is 2390. The summed E-state index contributed by atoms with van der Waals surface area (Å²) in [6.07, 6.45) is 6.50. The summed E-state index contributed by atoms with van der Waals surface area (Å²) in [5, 5.41) is 0. The first kappa shape index (κ1) is 58.0. The summed E-state index contributed by atoms with van der Waals surface area (Å²) < 4.78 is 0. The second-order valence-corrected chi connectivity index (χ2v) is 21.5. The highest BCUT2D eigenvalue weighted by Crippen LogP contribution is 2.48. The van der Waals surface area contributed by atoms with Gasteiger partial charge in [0.05, 0.1) is 0 Å². The van der Waals surface area contributed by atoms with E-state index in [0.29, 0.717) is 5.92 Å². The number of hydrogen-bond acceptors (Lipinski definition) is 6. The van der Waals surface area contributed by atoms with Crippen LogP contribution in [0.25, 0.3) is 0 Å². The van der Waals surface area contributed by atoms with Gasteiger partial charge in [0.2, 0.25) is 0 Å². The molecular formula is C67H96N6. The molecule has 0 aliphatic carbocycles. The van der Waals surface area contributed by atoms with Crippen molar-refractivity contribution in [3.8, 4) is 0 Å². The molecule has 0 aliphatic rings. The van der Waals surface area contributed by atoms with Crippen molar-refractivity contribution in [2.45, 2.75) is 126 Å². The van der Waals surface area contributed by atoms with Crippen molar-refractivity contribution in [3.05, 3.63) is 176 Å². The Balaban J connectivity index is 0.000000284. The molecule has 0 atom stereocenters. The van der Waals surface area contributed by atoms with Gasteiger partial charge in [0.15, 0.2) is 0 Å². The van der Waals surface area contributed by atoms with Gasteiger partial charge < -0.3 is 29.4 Å². The minimum atomic E-state index is 0.130. The van der Waals surface area contributed by atoms with Crippen molar-refractivity contribution in [2.24, 2.45) is 0 Å². The van der Waals surface area contributed by atoms with Crippen LogP contribution in [-0.2, 0) is 0 Å². The molecule has 6 aromatic carbocycles. The Morgan fingerprint density at radius 2 is 0.548 bits per heavy atom. The smallest absolute Gasteiger partial charge is 0.0368 e. The average molecular weight is 986 g/mol. The van der Waals surface area contributed by atoms with Crippen molar-refractivity contribution >= 4 is 34.1 Å². The molecule has 0 N–H and O–H groups in total. The molecule has 0 radical (unpaired) electrons. The molecule has 0 unspecified atom stereocenters. The molecule has 0 bridgehead atoms. The van der Waals surface area contributed by atoms with E-state index in [0.717, 1.165) is 26.2 Å². The van der Waals surface area contributed by atoms with E-state index in [4.69, 9.17) is 0 Å². The Labute approximate surface area is 446 Å². The summed E-state index contributed by atoms with van der Waals surface area (Å²) in [7, 11) is 16.9. The van der Waals surface area contributed by atoms with Gasteiger partial charge in [-0.3, -0.25) is 0 Å². The lowest BCUT2D eigenvalue weighted by atomic mass is 9.70. The summed E-state index contributed by atoms with van der Waals surface area (Å²) in [6, 6.07) is 42.3. The predicted octanol–water partition coefficient (Wildman–Crippen LogP) is 16.2. The lowest BCUT2D eigenvalue weighted by Gasteiger charge is -2.34. The number of anilines is 6. The maximum atomic E-state index is 2.44. The van der Waals surface area contributed by atoms with Crippen LogP contribution in [0.2, 0.25) is 0 Å². The topological polar surface area (TPSA) is 19.4 Å². The standard InChI is InChI=1S/C38H50N4.C29H46N2/c1-25-21-29(39(5)6)13-17-33(25)37(34-18-14-30(40(7)8)22-26(34)2)38(35-19-15-31(41(9)10)23-27(35)3)36-20-16-32(42(11)12)24-28(36)4;1-8-13-14-15-16-29(27-19-17-25(21-23(27)6)30(9-2)10-3)28-20-18-26(22-24(28)7)31(11-4)12-5/h13-24,37-38H,1-12H3;17-22,29H,8-16H2,1-7H3. The van der Waals surface area contributed by atoms with Gasteiger partial charge in [-0.1, -0.05) is 69.0 Å². The molecule has 0 saturated heterocycles. The molecule has 0 saturated carbocycles. The first-order valence-corrected chi connectivity index (χ1v) is 27.6. The molecule has 394 valence electrons. The van der Waals surface area contributed by atoms with Crippen LogP contribution in [0.4, 0.5) is 34.1 Å². The van der Waals surface area contributed by atoms with E-state index in [9.17, 15) is 0 Å². The Hall–Kier alpha value is -5.88. The molecule has 73 heavy (non-hydrogen) atoms. The first-order chi connectivity index (χ1) is 34.8. The van der Waals surface area contributed by atoms with Gasteiger partial charge in [0, 0.05) is 134 Å². The molecular weight excluding hydrogens is 889 g/mol. The van der Waals surface area contributed by atoms with Crippen molar-refractivity contribution in [1.82, 2.24) is 0 Å². The van der Waals surface area contributed by atoms with E-state index in [2.05, 4.69) is 271 Å². The zero-order chi connectivity index (χ0) is 53.7. The van der Waals surface area contributed by atoms with Gasteiger partial charge in [-0.05, 0) is 215 Å². The molecule has 6 heteroatoms. The molecule has 6 aromatic rings. The zero-order valence-electron chi connectivity index (χ0n) is 49.2. The van der Waals surface area contributed by atoms with Gasteiger partial charge in [0.25, 0.3) is 0 Å². The number of hydrogen-bond donors (Lipinski definition) is 0. The van der Waals surface area contributed by atoms with Crippen LogP contribution in [0.3, 0.4) is 0 Å². The lowest BCUT2D eigenvalue weighted by molar-refractivity contribution is 0.594. The van der Waals surface area contributed by atoms with Gasteiger partial charge in [-0.2, -0.15) is 0 Å². The van der Waals surface area contributed by atoms with E-state index in [1.54, 1.807) is 0 Å². The van der Waals surface area contributed by atoms with E-state index < -0.39 is 0 Å². The number of nitrogens with zero attached hydrogens (tertiary/aromatic N) is 6. The maximum Gasteiger partial charge on any atom is 0.0368 e. The highest BCUT2D eigenvalue weighted by molar-refractivity contribution is 5.62. The van der Waals surface area contributed by atoms with Gasteiger partial charge in [0.1, 0.15) is 0 Å². The second-order valence-electron chi connectivity index (χ2n) is 21.5. The van der Waals surface area contributed by atoms with Gasteiger partial charge in [-0.15, -0.1) is 0 Å². The van der Waals surface area contributed by atoms with Crippen LogP contribution >= 0.6 is 0 Å². The zero-order valence-corrected chi connectivity index (χ0v) is 49.2. The third-order valence-electron chi connectivity index (χ3n) is 15.6. The summed E-state index contributed by atoms with van der Waals surface area (Å²) in [4.78, 5) is 13.6. The van der Waals surface area contributed by atoms with Gasteiger partial charge >= 0.3 is 0 Å². The van der Waals surface area contributed by atoms with Crippen molar-refractivity contribution in [1.29, 1.82) is 0 Å². The summed E-state index contributed by atoms with van der Waals surface area (Å²) in [5.41, 5.74) is 24.2. The Morgan fingerprint density at radius 3 is 0.781 bits per heavy atom. The van der Waals surface area contributed by atoms with Crippen molar-refractivity contribution in [2.75, 3.05) is 112 Å². The Kier molecular flexibility index (Phi) is 21.4. The quantitative estimate of drug-likeness (QED) is 0.0627. The van der Waals surface area contributed by atoms with Crippen LogP contribution < -0.4 is 29.4 Å². The minimum Gasteiger partial charge on any atom is -0.378 e. The van der Waals surface area contributed by atoms with E-state index in [1.165, 1.54) is 133 Å². The number of rotatable bonds is 22. The molecule has 0 spiro atoms. The highest BCUT2D eigenvalue weighted by Gasteiger charge is 2.33. The molecule has 0 heterocycles. The van der Waals surface area contributed by atoms with Crippen LogP contribution in [0.5, 0.6) is 0 Å². The van der Waals surface area contributed by atoms with E-state index in [1.807, 2.05) is 0 Å². The predicted molar refractivity (Wildman–Crippen MR) is 326 cm³/mol. The summed E-state index contributed by atoms with van der Waals surface area (Å²) in [5.74, 6) is 0.740. The summed E-state index contributed by atoms with van der Waals surface area (Å²) in [6.45, 7) is 29.2. The van der Waals surface area contributed by atoms with Crippen LogP contribution in [0.1, 0.15) is 151 Å². The third-order valence-corrected chi connectivity index (χ3v) is 15.6. The van der Waals surface area contributed by atoms with Crippen LogP contribution in [0.15, 0.2) is 109 Å². The first-order valence-electron chi connectivity index (χ1n) is 27.6. The molecule has 0 fully saturated rings. The van der Waals surface area contributed by atoms with Crippen LogP contribution in [-0.4, -0.2) is 82.6 Å². The SMILES string of the molecule is CCCCCCC(c1ccc(N(CC)CC)cc1C)c1ccc(N(CC)CC)cc1C.Cc1cc(N(C)C)ccc1C(c1ccc(N(C)C)cc1C)C(c1ccc(N(C)C)cc1C)c1ccc(N(C)C)cc1C. The van der Waals surface area contributed by atoms with Crippen molar-refractivity contribution < 1.29 is 0 Å². The summed E-state index contributed by atoms with van der Waals surface area (Å²) >= 11 is 0. The number of benzene rings is 6. The average Bonchev–Trinajstić information content (AvgIpc) is 3.35. The third kappa shape index (κ3) is 14.2. The molecule has 0 aromatic heterocycles. The molecule has 0 amide bonds. The maximum absolute atomic E-state index is 2.44. The lowest BCUT2D eigenvalue weighted by Crippen LogP contribution is -2.22. The Morgan fingerprint density at radius 1 is 0.301 bits per heavy atom. The molecule has 6 nitrogen and oxygen atoms in total. The van der Waals surface area contributed by atoms with Gasteiger partial charge in [-0.25, -0.2) is 0 Å². The molecule has 0 aliphatic heterocycles. The molecule has 6 rings (SSSR count). The highest BCUT2D eigenvalue weighted by atomic mass is 15.1. The second kappa shape index (κ2) is 26.9. The van der Waals surface area contributed by atoms with Crippen molar-refractivity contribution in [3.63, 3.8) is 0 Å². The van der Waals surface area contributed by atoms with E-state index in [-0.39, 0.29) is 11.8 Å². The number of aryl methyl sites for hydroxylation is 6. The number of unbranched alkanes of at least 4 members (excludes halogenated alkanes) is 3. The van der Waals surface area contributed by atoms with E-state index >= 15 is 0 Å².